The molecule has 0 amide bonds. The Balaban J connectivity index is 3.02. The van der Waals surface area contributed by atoms with Gasteiger partial charge in [0.05, 0.1) is 5.60 Å². The molecule has 0 aliphatic carbocycles. The van der Waals surface area contributed by atoms with Crippen molar-refractivity contribution in [1.82, 2.24) is 0 Å². The molecule has 1 aromatic rings. The molecule has 0 aliphatic rings. The molecule has 1 heteroatoms. The van der Waals surface area contributed by atoms with Gasteiger partial charge < -0.3 is 5.11 Å². The number of rotatable bonds is 3. The average Bonchev–Trinajstić information content (AvgIpc) is 2.07. The number of aliphatic hydroxyl groups is 1. The second-order valence-electron chi connectivity index (χ2n) is 4.28. The zero-order valence-electron chi connectivity index (χ0n) is 9.12. The number of aryl methyl sites for hydroxylation is 1. The van der Waals surface area contributed by atoms with Gasteiger partial charge in [0.2, 0.25) is 0 Å². The van der Waals surface area contributed by atoms with E-state index in [0.717, 1.165) is 5.56 Å². The van der Waals surface area contributed by atoms with Crippen molar-refractivity contribution < 1.29 is 5.11 Å². The molecule has 0 aliphatic heterocycles. The third-order valence-corrected chi connectivity index (χ3v) is 2.43. The molecule has 0 heterocycles. The standard InChI is InChI=1S/C13H18O/c1-5-12(13(3,4)14)11-8-6-10(2)7-9-11/h5-9,12,14H,1H2,2-4H3. The third kappa shape index (κ3) is 2.46. The monoisotopic (exact) mass is 190 g/mol. The molecule has 1 atom stereocenters. The van der Waals surface area contributed by atoms with E-state index in [-0.39, 0.29) is 5.92 Å². The summed E-state index contributed by atoms with van der Waals surface area (Å²) in [7, 11) is 0. The molecule has 1 unspecified atom stereocenters. The second-order valence-corrected chi connectivity index (χ2v) is 4.28. The van der Waals surface area contributed by atoms with Gasteiger partial charge >= 0.3 is 0 Å². The van der Waals surface area contributed by atoms with Crippen LogP contribution in [0.1, 0.15) is 30.9 Å². The summed E-state index contributed by atoms with van der Waals surface area (Å²) in [6.07, 6.45) is 1.80. The minimum Gasteiger partial charge on any atom is -0.390 e. The molecular formula is C13H18O. The van der Waals surface area contributed by atoms with Crippen LogP contribution in [0.5, 0.6) is 0 Å². The molecule has 0 bridgehead atoms. The Kier molecular flexibility index (Phi) is 3.12. The molecular weight excluding hydrogens is 172 g/mol. The molecule has 1 aromatic carbocycles. The highest BCUT2D eigenvalue weighted by atomic mass is 16.3. The number of benzene rings is 1. The van der Waals surface area contributed by atoms with E-state index in [9.17, 15) is 5.11 Å². The Bertz CT molecular complexity index is 303. The largest absolute Gasteiger partial charge is 0.390 e. The van der Waals surface area contributed by atoms with Crippen LogP contribution in [0.25, 0.3) is 0 Å². The van der Waals surface area contributed by atoms with Crippen LogP contribution in [-0.2, 0) is 0 Å². The highest BCUT2D eigenvalue weighted by Gasteiger charge is 2.25. The summed E-state index contributed by atoms with van der Waals surface area (Å²) in [6.45, 7) is 9.43. The molecule has 0 saturated carbocycles. The van der Waals surface area contributed by atoms with Crippen LogP contribution in [0.4, 0.5) is 0 Å². The quantitative estimate of drug-likeness (QED) is 0.726. The Labute approximate surface area is 86.1 Å². The van der Waals surface area contributed by atoms with Gasteiger partial charge in [0.15, 0.2) is 0 Å². The molecule has 0 spiro atoms. The lowest BCUT2D eigenvalue weighted by molar-refractivity contribution is 0.0652. The first-order valence-electron chi connectivity index (χ1n) is 4.86. The summed E-state index contributed by atoms with van der Waals surface area (Å²) in [5, 5.41) is 9.93. The van der Waals surface area contributed by atoms with Gasteiger partial charge in [-0.05, 0) is 26.3 Å². The maximum atomic E-state index is 9.93. The van der Waals surface area contributed by atoms with Crippen molar-refractivity contribution in [2.24, 2.45) is 0 Å². The van der Waals surface area contributed by atoms with Crippen LogP contribution in [0.15, 0.2) is 36.9 Å². The first-order chi connectivity index (χ1) is 6.45. The Morgan fingerprint density at radius 1 is 1.29 bits per heavy atom. The van der Waals surface area contributed by atoms with Crippen LogP contribution in [0.3, 0.4) is 0 Å². The lowest BCUT2D eigenvalue weighted by atomic mass is 9.85. The lowest BCUT2D eigenvalue weighted by Gasteiger charge is -2.27. The van der Waals surface area contributed by atoms with Crippen molar-refractivity contribution in [2.75, 3.05) is 0 Å². The van der Waals surface area contributed by atoms with Gasteiger partial charge in [0.25, 0.3) is 0 Å². The van der Waals surface area contributed by atoms with Gasteiger partial charge in [-0.2, -0.15) is 0 Å². The van der Waals surface area contributed by atoms with E-state index in [1.54, 1.807) is 19.9 Å². The van der Waals surface area contributed by atoms with Crippen molar-refractivity contribution in [3.05, 3.63) is 48.0 Å². The predicted molar refractivity (Wildman–Crippen MR) is 60.4 cm³/mol. The molecule has 1 N–H and O–H groups in total. The van der Waals surface area contributed by atoms with E-state index >= 15 is 0 Å². The first kappa shape index (κ1) is 11.0. The normalized spacial score (nSPS) is 13.7. The summed E-state index contributed by atoms with van der Waals surface area (Å²) < 4.78 is 0. The summed E-state index contributed by atoms with van der Waals surface area (Å²) >= 11 is 0. The van der Waals surface area contributed by atoms with Crippen LogP contribution < -0.4 is 0 Å². The minimum atomic E-state index is -0.753. The summed E-state index contributed by atoms with van der Waals surface area (Å²) in [5.74, 6) is -0.0110. The third-order valence-electron chi connectivity index (χ3n) is 2.43. The maximum absolute atomic E-state index is 9.93. The molecule has 0 fully saturated rings. The average molecular weight is 190 g/mol. The molecule has 1 nitrogen and oxygen atoms in total. The summed E-state index contributed by atoms with van der Waals surface area (Å²) in [4.78, 5) is 0. The van der Waals surface area contributed by atoms with E-state index in [1.807, 2.05) is 12.1 Å². The molecule has 14 heavy (non-hydrogen) atoms. The van der Waals surface area contributed by atoms with Gasteiger partial charge in [-0.1, -0.05) is 35.9 Å². The fraction of sp³-hybridized carbons (Fsp3) is 0.385. The van der Waals surface area contributed by atoms with Crippen molar-refractivity contribution in [3.63, 3.8) is 0 Å². The van der Waals surface area contributed by atoms with Crippen molar-refractivity contribution >= 4 is 0 Å². The van der Waals surface area contributed by atoms with Gasteiger partial charge in [-0.25, -0.2) is 0 Å². The summed E-state index contributed by atoms with van der Waals surface area (Å²) in [6, 6.07) is 8.19. The van der Waals surface area contributed by atoms with Crippen LogP contribution in [0.2, 0.25) is 0 Å². The fourth-order valence-electron chi connectivity index (χ4n) is 1.61. The zero-order chi connectivity index (χ0) is 10.8. The zero-order valence-corrected chi connectivity index (χ0v) is 9.12. The maximum Gasteiger partial charge on any atom is 0.0694 e. The summed E-state index contributed by atoms with van der Waals surface area (Å²) in [5.41, 5.74) is 1.59. The van der Waals surface area contributed by atoms with Crippen LogP contribution in [-0.4, -0.2) is 10.7 Å². The number of hydrogen-bond donors (Lipinski definition) is 1. The minimum absolute atomic E-state index is 0.0110. The van der Waals surface area contributed by atoms with Gasteiger partial charge in [-0.3, -0.25) is 0 Å². The van der Waals surface area contributed by atoms with Gasteiger partial charge in [0.1, 0.15) is 0 Å². The Morgan fingerprint density at radius 2 is 1.79 bits per heavy atom. The smallest absolute Gasteiger partial charge is 0.0694 e. The van der Waals surface area contributed by atoms with E-state index < -0.39 is 5.60 Å². The van der Waals surface area contributed by atoms with E-state index in [0.29, 0.717) is 0 Å². The van der Waals surface area contributed by atoms with Crippen molar-refractivity contribution in [1.29, 1.82) is 0 Å². The van der Waals surface area contributed by atoms with E-state index in [1.165, 1.54) is 5.56 Å². The van der Waals surface area contributed by atoms with Gasteiger partial charge in [0, 0.05) is 5.92 Å². The van der Waals surface area contributed by atoms with E-state index in [2.05, 4.69) is 25.6 Å². The number of hydrogen-bond acceptors (Lipinski definition) is 1. The van der Waals surface area contributed by atoms with E-state index in [4.69, 9.17) is 0 Å². The van der Waals surface area contributed by atoms with Crippen LogP contribution >= 0.6 is 0 Å². The van der Waals surface area contributed by atoms with Crippen molar-refractivity contribution in [3.8, 4) is 0 Å². The highest BCUT2D eigenvalue weighted by Crippen LogP contribution is 2.28. The SMILES string of the molecule is C=CC(c1ccc(C)cc1)C(C)(C)O. The molecule has 76 valence electrons. The highest BCUT2D eigenvalue weighted by molar-refractivity contribution is 5.29. The van der Waals surface area contributed by atoms with Crippen LogP contribution in [0, 0.1) is 6.92 Å². The lowest BCUT2D eigenvalue weighted by Crippen LogP contribution is -2.27. The molecule has 0 saturated heterocycles. The Morgan fingerprint density at radius 3 is 2.14 bits per heavy atom. The molecule has 0 radical (unpaired) electrons. The fourth-order valence-corrected chi connectivity index (χ4v) is 1.61. The first-order valence-corrected chi connectivity index (χ1v) is 4.86. The second kappa shape index (κ2) is 3.97. The van der Waals surface area contributed by atoms with Crippen molar-refractivity contribution in [2.45, 2.75) is 32.3 Å². The Hall–Kier alpha value is -1.08. The topological polar surface area (TPSA) is 20.2 Å². The predicted octanol–water partition coefficient (Wildman–Crippen LogP) is 3.04. The molecule has 1 rings (SSSR count). The van der Waals surface area contributed by atoms with Gasteiger partial charge in [-0.15, -0.1) is 6.58 Å². The molecule has 0 aromatic heterocycles.